The molecule has 2 aliphatic rings. The Kier molecular flexibility index (Phi) is 5.87. The highest BCUT2D eigenvalue weighted by atomic mass is 16.5. The third-order valence-corrected chi connectivity index (χ3v) is 6.03. The molecule has 166 valence electrons. The SMILES string of the molecule is O=C1CCC(n2cnc3ccc(OCc4ccc(CN5CCOCC5)cc4)cc32)C(=O)N1. The van der Waals surface area contributed by atoms with E-state index >= 15 is 0 Å². The molecule has 1 atom stereocenters. The first-order chi connectivity index (χ1) is 15.7. The van der Waals surface area contributed by atoms with E-state index in [9.17, 15) is 9.59 Å². The standard InChI is InChI=1S/C24H26N4O4/c29-23-8-7-21(24(30)26-23)28-16-25-20-6-5-19(13-22(20)28)32-15-18-3-1-17(2-4-18)14-27-9-11-31-12-10-27/h1-6,13,16,21H,7-12,14-15H2,(H,26,29,30). The zero-order chi connectivity index (χ0) is 21.9. The van der Waals surface area contributed by atoms with E-state index in [-0.39, 0.29) is 11.8 Å². The molecule has 0 saturated carbocycles. The van der Waals surface area contributed by atoms with Crippen LogP contribution in [0.5, 0.6) is 5.75 Å². The summed E-state index contributed by atoms with van der Waals surface area (Å²) < 4.78 is 13.3. The molecule has 2 amide bonds. The van der Waals surface area contributed by atoms with E-state index in [2.05, 4.69) is 39.5 Å². The molecule has 1 aromatic heterocycles. The summed E-state index contributed by atoms with van der Waals surface area (Å²) in [7, 11) is 0. The number of morpholine rings is 1. The molecule has 3 heterocycles. The molecular formula is C24H26N4O4. The number of fused-ring (bicyclic) bond motifs is 1. The summed E-state index contributed by atoms with van der Waals surface area (Å²) in [5.41, 5.74) is 3.98. The lowest BCUT2D eigenvalue weighted by Gasteiger charge is -2.26. The van der Waals surface area contributed by atoms with Crippen molar-refractivity contribution in [3.63, 3.8) is 0 Å². The smallest absolute Gasteiger partial charge is 0.249 e. The molecule has 2 fully saturated rings. The Morgan fingerprint density at radius 2 is 1.84 bits per heavy atom. The average Bonchev–Trinajstić information content (AvgIpc) is 3.22. The molecule has 1 unspecified atom stereocenters. The van der Waals surface area contributed by atoms with Crippen LogP contribution in [0.2, 0.25) is 0 Å². The van der Waals surface area contributed by atoms with Crippen LogP contribution in [-0.4, -0.2) is 52.6 Å². The van der Waals surface area contributed by atoms with Crippen molar-refractivity contribution < 1.29 is 19.1 Å². The van der Waals surface area contributed by atoms with Crippen molar-refractivity contribution >= 4 is 22.8 Å². The van der Waals surface area contributed by atoms with E-state index in [0.717, 1.165) is 49.4 Å². The monoisotopic (exact) mass is 434 g/mol. The number of carbonyl (C=O) groups excluding carboxylic acids is 2. The number of imide groups is 1. The van der Waals surface area contributed by atoms with Crippen LogP contribution in [0, 0.1) is 0 Å². The fourth-order valence-corrected chi connectivity index (χ4v) is 4.22. The maximum Gasteiger partial charge on any atom is 0.249 e. The number of imidazole rings is 1. The molecule has 2 aromatic carbocycles. The van der Waals surface area contributed by atoms with Gasteiger partial charge in [0.2, 0.25) is 11.8 Å². The summed E-state index contributed by atoms with van der Waals surface area (Å²) in [6.45, 7) is 4.95. The third-order valence-electron chi connectivity index (χ3n) is 6.03. The highest BCUT2D eigenvalue weighted by Gasteiger charge is 2.29. The van der Waals surface area contributed by atoms with Gasteiger partial charge in [-0.15, -0.1) is 0 Å². The Morgan fingerprint density at radius 3 is 2.62 bits per heavy atom. The lowest BCUT2D eigenvalue weighted by atomic mass is 10.1. The number of hydrogen-bond acceptors (Lipinski definition) is 6. The lowest BCUT2D eigenvalue weighted by Crippen LogP contribution is -2.41. The van der Waals surface area contributed by atoms with Crippen molar-refractivity contribution in [2.45, 2.75) is 32.0 Å². The van der Waals surface area contributed by atoms with E-state index in [4.69, 9.17) is 9.47 Å². The van der Waals surface area contributed by atoms with Crippen LogP contribution >= 0.6 is 0 Å². The second-order valence-electron chi connectivity index (χ2n) is 8.26. The Hall–Kier alpha value is -3.23. The summed E-state index contributed by atoms with van der Waals surface area (Å²) in [6, 6.07) is 13.7. The van der Waals surface area contributed by atoms with E-state index in [1.807, 2.05) is 22.8 Å². The highest BCUT2D eigenvalue weighted by Crippen LogP contribution is 2.27. The molecule has 0 bridgehead atoms. The van der Waals surface area contributed by atoms with Crippen LogP contribution in [0.15, 0.2) is 48.8 Å². The normalized spacial score (nSPS) is 19.8. The number of hydrogen-bond donors (Lipinski definition) is 1. The third kappa shape index (κ3) is 4.51. The summed E-state index contributed by atoms with van der Waals surface area (Å²) in [5.74, 6) is 0.198. The number of amides is 2. The Bertz CT molecular complexity index is 1120. The van der Waals surface area contributed by atoms with Crippen LogP contribution in [-0.2, 0) is 27.5 Å². The van der Waals surface area contributed by atoms with Crippen LogP contribution in [0.4, 0.5) is 0 Å². The zero-order valence-electron chi connectivity index (χ0n) is 17.8. The summed E-state index contributed by atoms with van der Waals surface area (Å²) in [5, 5.41) is 2.41. The Labute approximate surface area is 186 Å². The van der Waals surface area contributed by atoms with Crippen LogP contribution < -0.4 is 10.1 Å². The Morgan fingerprint density at radius 1 is 1.06 bits per heavy atom. The number of ether oxygens (including phenoxy) is 2. The second-order valence-corrected chi connectivity index (χ2v) is 8.26. The van der Waals surface area contributed by atoms with Crippen molar-refractivity contribution in [3.8, 4) is 5.75 Å². The van der Waals surface area contributed by atoms with Gasteiger partial charge in [-0.05, 0) is 29.7 Å². The van der Waals surface area contributed by atoms with Gasteiger partial charge in [-0.3, -0.25) is 19.8 Å². The van der Waals surface area contributed by atoms with Gasteiger partial charge in [-0.1, -0.05) is 24.3 Å². The zero-order valence-corrected chi connectivity index (χ0v) is 17.8. The lowest BCUT2D eigenvalue weighted by molar-refractivity contribution is -0.135. The maximum atomic E-state index is 12.3. The van der Waals surface area contributed by atoms with Gasteiger partial charge in [-0.2, -0.15) is 0 Å². The first-order valence-corrected chi connectivity index (χ1v) is 11.0. The van der Waals surface area contributed by atoms with Crippen molar-refractivity contribution in [1.82, 2.24) is 19.8 Å². The quantitative estimate of drug-likeness (QED) is 0.600. The van der Waals surface area contributed by atoms with Gasteiger partial charge in [-0.25, -0.2) is 4.98 Å². The van der Waals surface area contributed by atoms with E-state index in [0.29, 0.717) is 25.2 Å². The number of nitrogens with one attached hydrogen (secondary N) is 1. The molecule has 5 rings (SSSR count). The molecule has 2 aliphatic heterocycles. The van der Waals surface area contributed by atoms with Crippen molar-refractivity contribution in [2.24, 2.45) is 0 Å². The molecule has 2 saturated heterocycles. The molecule has 0 radical (unpaired) electrons. The average molecular weight is 434 g/mol. The topological polar surface area (TPSA) is 85.7 Å². The van der Waals surface area contributed by atoms with Gasteiger partial charge in [0.05, 0.1) is 30.6 Å². The first kappa shape index (κ1) is 20.7. The number of rotatable bonds is 6. The fraction of sp³-hybridized carbons (Fsp3) is 0.375. The predicted octanol–water partition coefficient (Wildman–Crippen LogP) is 2.43. The number of aromatic nitrogens is 2. The van der Waals surface area contributed by atoms with Crippen molar-refractivity contribution in [3.05, 3.63) is 59.9 Å². The van der Waals surface area contributed by atoms with Crippen molar-refractivity contribution in [1.29, 1.82) is 0 Å². The van der Waals surface area contributed by atoms with E-state index in [1.165, 1.54) is 5.56 Å². The summed E-state index contributed by atoms with van der Waals surface area (Å²) in [4.78, 5) is 30.5. The van der Waals surface area contributed by atoms with Crippen LogP contribution in [0.1, 0.15) is 30.0 Å². The second kappa shape index (κ2) is 9.10. The number of carbonyl (C=O) groups is 2. The fourth-order valence-electron chi connectivity index (χ4n) is 4.22. The molecule has 8 heteroatoms. The van der Waals surface area contributed by atoms with Crippen molar-refractivity contribution in [2.75, 3.05) is 26.3 Å². The van der Waals surface area contributed by atoms with E-state index in [1.54, 1.807) is 6.33 Å². The molecule has 3 aromatic rings. The van der Waals surface area contributed by atoms with Gasteiger partial charge in [0.15, 0.2) is 0 Å². The van der Waals surface area contributed by atoms with Crippen LogP contribution in [0.25, 0.3) is 11.0 Å². The van der Waals surface area contributed by atoms with E-state index < -0.39 is 6.04 Å². The highest BCUT2D eigenvalue weighted by molar-refractivity contribution is 6.00. The minimum absolute atomic E-state index is 0.226. The number of piperidine rings is 1. The minimum atomic E-state index is -0.438. The molecule has 0 spiro atoms. The van der Waals surface area contributed by atoms with Gasteiger partial charge in [0, 0.05) is 32.1 Å². The maximum absolute atomic E-state index is 12.3. The summed E-state index contributed by atoms with van der Waals surface area (Å²) >= 11 is 0. The molecule has 32 heavy (non-hydrogen) atoms. The van der Waals surface area contributed by atoms with Gasteiger partial charge in [0.25, 0.3) is 0 Å². The van der Waals surface area contributed by atoms with Gasteiger partial charge in [0.1, 0.15) is 18.4 Å². The molecule has 0 aliphatic carbocycles. The molecule has 8 nitrogen and oxygen atoms in total. The predicted molar refractivity (Wildman–Crippen MR) is 118 cm³/mol. The molecule has 1 N–H and O–H groups in total. The largest absolute Gasteiger partial charge is 0.489 e. The van der Waals surface area contributed by atoms with Gasteiger partial charge >= 0.3 is 0 Å². The van der Waals surface area contributed by atoms with Crippen LogP contribution in [0.3, 0.4) is 0 Å². The number of nitrogens with zero attached hydrogens (tertiary/aromatic N) is 3. The number of benzene rings is 2. The Balaban J connectivity index is 1.24. The first-order valence-electron chi connectivity index (χ1n) is 11.0. The molecular weight excluding hydrogens is 408 g/mol. The summed E-state index contributed by atoms with van der Waals surface area (Å²) in [6.07, 6.45) is 2.45. The van der Waals surface area contributed by atoms with Gasteiger partial charge < -0.3 is 14.0 Å². The minimum Gasteiger partial charge on any atom is -0.489 e.